The lowest BCUT2D eigenvalue weighted by molar-refractivity contribution is -0.134. The Balaban J connectivity index is 1.55. The van der Waals surface area contributed by atoms with E-state index in [1.165, 1.54) is 24.3 Å². The molecule has 3 rings (SSSR count). The van der Waals surface area contributed by atoms with Gasteiger partial charge in [-0.05, 0) is 49.9 Å². The number of hydrogen-bond donors (Lipinski definition) is 1. The zero-order valence-electron chi connectivity index (χ0n) is 14.2. The van der Waals surface area contributed by atoms with E-state index in [1.54, 1.807) is 18.3 Å². The first-order valence-corrected chi connectivity index (χ1v) is 8.46. The summed E-state index contributed by atoms with van der Waals surface area (Å²) in [6.07, 6.45) is 3.93. The number of nitrogens with one attached hydrogen (secondary N) is 1. The van der Waals surface area contributed by atoms with E-state index in [-0.39, 0.29) is 23.5 Å². The standard InChI is InChI=1S/C18H22FN3O3/c1-25-11-10-22-12-20-18(17(22)24)8-6-13(7-9-18)16(23)21-15-4-2-14(19)3-5-15/h2-5,12-13H,6-11H2,1H3,(H,21,23). The van der Waals surface area contributed by atoms with E-state index < -0.39 is 5.54 Å². The predicted octanol–water partition coefficient (Wildman–Crippen LogP) is 2.21. The number of nitrogens with zero attached hydrogens (tertiary/aromatic N) is 2. The van der Waals surface area contributed by atoms with E-state index in [0.29, 0.717) is 44.5 Å². The molecule has 1 spiro atoms. The van der Waals surface area contributed by atoms with Gasteiger partial charge in [0.25, 0.3) is 5.91 Å². The second kappa shape index (κ2) is 7.31. The van der Waals surface area contributed by atoms with Crippen molar-refractivity contribution in [2.45, 2.75) is 31.2 Å². The van der Waals surface area contributed by atoms with Gasteiger partial charge in [0, 0.05) is 18.7 Å². The molecule has 1 fully saturated rings. The Hall–Kier alpha value is -2.28. The molecule has 1 aromatic rings. The molecule has 25 heavy (non-hydrogen) atoms. The molecule has 0 atom stereocenters. The highest BCUT2D eigenvalue weighted by molar-refractivity contribution is 6.00. The number of aliphatic imine (C=N–C) groups is 1. The minimum atomic E-state index is -0.708. The second-order valence-electron chi connectivity index (χ2n) is 6.54. The van der Waals surface area contributed by atoms with Crippen molar-refractivity contribution in [3.63, 3.8) is 0 Å². The molecule has 1 heterocycles. The zero-order chi connectivity index (χ0) is 17.9. The molecule has 2 aliphatic rings. The highest BCUT2D eigenvalue weighted by Gasteiger charge is 2.47. The molecule has 1 aliphatic heterocycles. The van der Waals surface area contributed by atoms with Gasteiger partial charge in [0.05, 0.1) is 19.5 Å². The first-order chi connectivity index (χ1) is 12.0. The number of halogens is 1. The molecule has 1 N–H and O–H groups in total. The highest BCUT2D eigenvalue weighted by Crippen LogP contribution is 2.38. The van der Waals surface area contributed by atoms with Crippen molar-refractivity contribution >= 4 is 23.8 Å². The summed E-state index contributed by atoms with van der Waals surface area (Å²) in [6, 6.07) is 5.70. The van der Waals surface area contributed by atoms with E-state index >= 15 is 0 Å². The van der Waals surface area contributed by atoms with Crippen molar-refractivity contribution in [2.75, 3.05) is 25.6 Å². The third-order valence-electron chi connectivity index (χ3n) is 4.93. The monoisotopic (exact) mass is 347 g/mol. The molecule has 0 aromatic heterocycles. The van der Waals surface area contributed by atoms with Crippen LogP contribution in [-0.2, 0) is 14.3 Å². The minimum absolute atomic E-state index is 0.00180. The average molecular weight is 347 g/mol. The number of methoxy groups -OCH3 is 1. The number of anilines is 1. The quantitative estimate of drug-likeness (QED) is 0.888. The Labute approximate surface area is 146 Å². The van der Waals surface area contributed by atoms with Crippen LogP contribution < -0.4 is 5.32 Å². The summed E-state index contributed by atoms with van der Waals surface area (Å²) < 4.78 is 17.9. The lowest BCUT2D eigenvalue weighted by Crippen LogP contribution is -2.45. The SMILES string of the molecule is COCCN1C=NC2(CCC(C(=O)Nc3ccc(F)cc3)CC2)C1=O. The smallest absolute Gasteiger partial charge is 0.255 e. The van der Waals surface area contributed by atoms with E-state index in [4.69, 9.17) is 4.74 Å². The fourth-order valence-corrected chi connectivity index (χ4v) is 3.38. The van der Waals surface area contributed by atoms with Crippen LogP contribution in [0.2, 0.25) is 0 Å². The van der Waals surface area contributed by atoms with E-state index in [9.17, 15) is 14.0 Å². The molecule has 0 unspecified atom stereocenters. The lowest BCUT2D eigenvalue weighted by Gasteiger charge is -2.33. The van der Waals surface area contributed by atoms with Crippen LogP contribution in [0.1, 0.15) is 25.7 Å². The van der Waals surface area contributed by atoms with Crippen molar-refractivity contribution < 1.29 is 18.7 Å². The van der Waals surface area contributed by atoms with E-state index in [0.717, 1.165) is 0 Å². The number of amides is 2. The predicted molar refractivity (Wildman–Crippen MR) is 91.8 cm³/mol. The van der Waals surface area contributed by atoms with Crippen molar-refractivity contribution in [2.24, 2.45) is 10.9 Å². The first-order valence-electron chi connectivity index (χ1n) is 8.46. The fraction of sp³-hybridized carbons (Fsp3) is 0.500. The zero-order valence-corrected chi connectivity index (χ0v) is 14.2. The molecular formula is C18H22FN3O3. The molecule has 1 saturated carbocycles. The van der Waals surface area contributed by atoms with Crippen LogP contribution in [0.15, 0.2) is 29.3 Å². The maximum Gasteiger partial charge on any atom is 0.255 e. The van der Waals surface area contributed by atoms with Gasteiger partial charge in [-0.3, -0.25) is 19.5 Å². The first kappa shape index (κ1) is 17.5. The molecule has 0 radical (unpaired) electrons. The number of ether oxygens (including phenoxy) is 1. The van der Waals surface area contributed by atoms with Gasteiger partial charge in [-0.1, -0.05) is 0 Å². The Morgan fingerprint density at radius 1 is 1.36 bits per heavy atom. The van der Waals surface area contributed by atoms with Crippen molar-refractivity contribution in [1.29, 1.82) is 0 Å². The van der Waals surface area contributed by atoms with Gasteiger partial charge in [-0.2, -0.15) is 0 Å². The normalized spacial score (nSPS) is 25.6. The maximum absolute atomic E-state index is 12.9. The summed E-state index contributed by atoms with van der Waals surface area (Å²) >= 11 is 0. The Morgan fingerprint density at radius 2 is 2.04 bits per heavy atom. The van der Waals surface area contributed by atoms with Crippen LogP contribution in [0.4, 0.5) is 10.1 Å². The third-order valence-corrected chi connectivity index (χ3v) is 4.93. The van der Waals surface area contributed by atoms with E-state index in [2.05, 4.69) is 10.3 Å². The molecule has 1 aromatic carbocycles. The number of rotatable bonds is 5. The molecule has 1 aliphatic carbocycles. The Kier molecular flexibility index (Phi) is 5.13. The van der Waals surface area contributed by atoms with Crippen LogP contribution in [0.5, 0.6) is 0 Å². The summed E-state index contributed by atoms with van der Waals surface area (Å²) in [5.41, 5.74) is -0.132. The number of hydrogen-bond acceptors (Lipinski definition) is 4. The van der Waals surface area contributed by atoms with Gasteiger partial charge >= 0.3 is 0 Å². The summed E-state index contributed by atoms with van der Waals surface area (Å²) in [4.78, 5) is 31.0. The average Bonchev–Trinajstić information content (AvgIpc) is 2.92. The van der Waals surface area contributed by atoms with Crippen LogP contribution in [0.3, 0.4) is 0 Å². The molecule has 6 nitrogen and oxygen atoms in total. The van der Waals surface area contributed by atoms with Gasteiger partial charge in [-0.15, -0.1) is 0 Å². The van der Waals surface area contributed by atoms with Crippen LogP contribution in [-0.4, -0.2) is 48.9 Å². The summed E-state index contributed by atoms with van der Waals surface area (Å²) in [5, 5.41) is 2.81. The molecule has 134 valence electrons. The van der Waals surface area contributed by atoms with Gasteiger partial charge in [0.15, 0.2) is 0 Å². The Morgan fingerprint density at radius 3 is 2.68 bits per heavy atom. The molecule has 2 amide bonds. The number of carbonyl (C=O) groups excluding carboxylic acids is 2. The highest BCUT2D eigenvalue weighted by atomic mass is 19.1. The lowest BCUT2D eigenvalue weighted by atomic mass is 9.76. The van der Waals surface area contributed by atoms with Crippen LogP contribution in [0, 0.1) is 11.7 Å². The largest absolute Gasteiger partial charge is 0.383 e. The van der Waals surface area contributed by atoms with Crippen molar-refractivity contribution in [3.05, 3.63) is 30.1 Å². The third kappa shape index (κ3) is 3.71. The van der Waals surface area contributed by atoms with Gasteiger partial charge in [0.1, 0.15) is 11.4 Å². The summed E-state index contributed by atoms with van der Waals surface area (Å²) in [7, 11) is 1.60. The molecule has 0 bridgehead atoms. The van der Waals surface area contributed by atoms with Gasteiger partial charge in [0.2, 0.25) is 5.91 Å². The molecule has 0 saturated heterocycles. The van der Waals surface area contributed by atoms with Crippen molar-refractivity contribution in [3.8, 4) is 0 Å². The number of carbonyl (C=O) groups is 2. The Bertz CT molecular complexity index is 667. The van der Waals surface area contributed by atoms with Crippen molar-refractivity contribution in [1.82, 2.24) is 4.90 Å². The minimum Gasteiger partial charge on any atom is -0.383 e. The molecular weight excluding hydrogens is 325 g/mol. The second-order valence-corrected chi connectivity index (χ2v) is 6.54. The maximum atomic E-state index is 12.9. The van der Waals surface area contributed by atoms with Crippen LogP contribution in [0.25, 0.3) is 0 Å². The molecule has 7 heteroatoms. The number of benzene rings is 1. The van der Waals surface area contributed by atoms with Crippen LogP contribution >= 0.6 is 0 Å². The summed E-state index contributed by atoms with van der Waals surface area (Å²) in [5.74, 6) is -0.589. The summed E-state index contributed by atoms with van der Waals surface area (Å²) in [6.45, 7) is 0.964. The fourth-order valence-electron chi connectivity index (χ4n) is 3.38. The van der Waals surface area contributed by atoms with Gasteiger partial charge in [-0.25, -0.2) is 4.39 Å². The topological polar surface area (TPSA) is 71.0 Å². The van der Waals surface area contributed by atoms with Gasteiger partial charge < -0.3 is 10.1 Å². The van der Waals surface area contributed by atoms with E-state index in [1.807, 2.05) is 0 Å².